The minimum atomic E-state index is -0.379. The maximum absolute atomic E-state index is 11.6. The van der Waals surface area contributed by atoms with E-state index < -0.39 is 0 Å². The number of aromatic nitrogens is 1. The SMILES string of the molecule is COc1ccc(NC(=O)NNc2ccccn2)cc1. The zero-order valence-corrected chi connectivity index (χ0v) is 10.4. The molecule has 2 rings (SSSR count). The van der Waals surface area contributed by atoms with Gasteiger partial charge in [0.05, 0.1) is 7.11 Å². The van der Waals surface area contributed by atoms with Crippen molar-refractivity contribution in [1.29, 1.82) is 0 Å². The number of methoxy groups -OCH3 is 1. The highest BCUT2D eigenvalue weighted by molar-refractivity contribution is 5.89. The molecule has 0 aliphatic rings. The van der Waals surface area contributed by atoms with E-state index in [1.165, 1.54) is 0 Å². The Morgan fingerprint density at radius 2 is 1.95 bits per heavy atom. The molecule has 1 aromatic carbocycles. The van der Waals surface area contributed by atoms with Gasteiger partial charge in [0.1, 0.15) is 11.6 Å². The minimum Gasteiger partial charge on any atom is -0.497 e. The Morgan fingerprint density at radius 1 is 1.16 bits per heavy atom. The summed E-state index contributed by atoms with van der Waals surface area (Å²) in [4.78, 5) is 15.6. The molecule has 0 saturated carbocycles. The second-order valence-corrected chi connectivity index (χ2v) is 3.65. The lowest BCUT2D eigenvalue weighted by atomic mass is 10.3. The maximum atomic E-state index is 11.6. The van der Waals surface area contributed by atoms with Gasteiger partial charge < -0.3 is 10.1 Å². The normalized spacial score (nSPS) is 9.53. The number of nitrogens with zero attached hydrogens (tertiary/aromatic N) is 1. The first-order valence-electron chi connectivity index (χ1n) is 5.66. The second kappa shape index (κ2) is 6.25. The lowest BCUT2D eigenvalue weighted by Crippen LogP contribution is -2.33. The number of rotatable bonds is 4. The number of carbonyl (C=O) groups is 1. The molecule has 0 unspecified atom stereocenters. The summed E-state index contributed by atoms with van der Waals surface area (Å²) in [5.74, 6) is 1.30. The van der Waals surface area contributed by atoms with Gasteiger partial charge in [-0.1, -0.05) is 6.07 Å². The third kappa shape index (κ3) is 3.88. The molecule has 0 aliphatic carbocycles. The third-order valence-corrected chi connectivity index (χ3v) is 2.32. The summed E-state index contributed by atoms with van der Waals surface area (Å²) in [6, 6.07) is 12.0. The molecule has 0 bridgehead atoms. The highest BCUT2D eigenvalue weighted by Crippen LogP contribution is 2.14. The van der Waals surface area contributed by atoms with Gasteiger partial charge in [-0.15, -0.1) is 0 Å². The van der Waals surface area contributed by atoms with Gasteiger partial charge in [-0.25, -0.2) is 9.78 Å². The van der Waals surface area contributed by atoms with E-state index in [4.69, 9.17) is 4.74 Å². The molecule has 98 valence electrons. The first-order chi connectivity index (χ1) is 9.28. The molecule has 2 aromatic rings. The van der Waals surface area contributed by atoms with Gasteiger partial charge in [-0.2, -0.15) is 0 Å². The molecular formula is C13H14N4O2. The zero-order valence-electron chi connectivity index (χ0n) is 10.4. The number of amides is 2. The molecule has 19 heavy (non-hydrogen) atoms. The number of pyridine rings is 1. The van der Waals surface area contributed by atoms with Gasteiger partial charge in [0, 0.05) is 11.9 Å². The van der Waals surface area contributed by atoms with Crippen LogP contribution in [0.4, 0.5) is 16.3 Å². The van der Waals surface area contributed by atoms with Crippen molar-refractivity contribution in [1.82, 2.24) is 10.4 Å². The summed E-state index contributed by atoms with van der Waals surface area (Å²) in [6.45, 7) is 0. The average Bonchev–Trinajstić information content (AvgIpc) is 2.47. The van der Waals surface area contributed by atoms with Crippen LogP contribution in [0.2, 0.25) is 0 Å². The van der Waals surface area contributed by atoms with E-state index in [1.807, 2.05) is 6.07 Å². The average molecular weight is 258 g/mol. The fourth-order valence-electron chi connectivity index (χ4n) is 1.39. The summed E-state index contributed by atoms with van der Waals surface area (Å²) in [6.07, 6.45) is 1.63. The predicted octanol–water partition coefficient (Wildman–Crippen LogP) is 2.24. The molecule has 0 radical (unpaired) electrons. The Balaban J connectivity index is 1.83. The van der Waals surface area contributed by atoms with Crippen LogP contribution in [0.3, 0.4) is 0 Å². The molecule has 1 aromatic heterocycles. The monoisotopic (exact) mass is 258 g/mol. The number of carbonyl (C=O) groups excluding carboxylic acids is 1. The van der Waals surface area contributed by atoms with Gasteiger partial charge in [0.2, 0.25) is 0 Å². The first kappa shape index (κ1) is 12.7. The molecule has 1 heterocycles. The van der Waals surface area contributed by atoms with E-state index in [-0.39, 0.29) is 6.03 Å². The molecule has 3 N–H and O–H groups in total. The van der Waals surface area contributed by atoms with E-state index in [0.717, 1.165) is 5.75 Å². The summed E-state index contributed by atoms with van der Waals surface area (Å²) in [5.41, 5.74) is 5.84. The van der Waals surface area contributed by atoms with Crippen LogP contribution in [0.5, 0.6) is 5.75 Å². The molecule has 0 fully saturated rings. The number of benzene rings is 1. The number of nitrogens with one attached hydrogen (secondary N) is 3. The van der Waals surface area contributed by atoms with Crippen molar-refractivity contribution in [2.75, 3.05) is 17.9 Å². The Labute approximate surface area is 110 Å². The standard InChI is InChI=1S/C13H14N4O2/c1-19-11-7-5-10(6-8-11)15-13(18)17-16-12-4-2-3-9-14-12/h2-9H,1H3,(H,14,16)(H2,15,17,18). The van der Waals surface area contributed by atoms with Crippen LogP contribution in [-0.4, -0.2) is 18.1 Å². The van der Waals surface area contributed by atoms with E-state index >= 15 is 0 Å². The molecule has 6 nitrogen and oxygen atoms in total. The highest BCUT2D eigenvalue weighted by atomic mass is 16.5. The van der Waals surface area contributed by atoms with Crippen molar-refractivity contribution < 1.29 is 9.53 Å². The summed E-state index contributed by atoms with van der Waals surface area (Å²) < 4.78 is 5.03. The molecule has 0 aliphatic heterocycles. The Morgan fingerprint density at radius 3 is 2.58 bits per heavy atom. The maximum Gasteiger partial charge on any atom is 0.337 e. The number of anilines is 2. The Hall–Kier alpha value is -2.76. The van der Waals surface area contributed by atoms with E-state index in [0.29, 0.717) is 11.5 Å². The molecule has 6 heteroatoms. The van der Waals surface area contributed by atoms with Gasteiger partial charge in [-0.3, -0.25) is 10.9 Å². The van der Waals surface area contributed by atoms with E-state index in [1.54, 1.807) is 49.7 Å². The van der Waals surface area contributed by atoms with Gasteiger partial charge >= 0.3 is 6.03 Å². The quantitative estimate of drug-likeness (QED) is 0.735. The Kier molecular flexibility index (Phi) is 4.17. The zero-order chi connectivity index (χ0) is 13.5. The van der Waals surface area contributed by atoms with Crippen LogP contribution >= 0.6 is 0 Å². The Bertz CT molecular complexity index is 528. The fraction of sp³-hybridized carbons (Fsp3) is 0.0769. The number of hydrogen-bond donors (Lipinski definition) is 3. The van der Waals surface area contributed by atoms with Gasteiger partial charge in [0.15, 0.2) is 0 Å². The van der Waals surface area contributed by atoms with E-state index in [9.17, 15) is 4.79 Å². The molecule has 0 saturated heterocycles. The number of hydrogen-bond acceptors (Lipinski definition) is 4. The van der Waals surface area contributed by atoms with Crippen molar-refractivity contribution in [2.24, 2.45) is 0 Å². The van der Waals surface area contributed by atoms with Crippen molar-refractivity contribution in [3.05, 3.63) is 48.7 Å². The van der Waals surface area contributed by atoms with Crippen LogP contribution in [0, 0.1) is 0 Å². The van der Waals surface area contributed by atoms with Crippen molar-refractivity contribution in [3.8, 4) is 5.75 Å². The van der Waals surface area contributed by atoms with Gasteiger partial charge in [0.25, 0.3) is 0 Å². The van der Waals surface area contributed by atoms with Crippen LogP contribution in [0.25, 0.3) is 0 Å². The minimum absolute atomic E-state index is 0.379. The number of urea groups is 1. The second-order valence-electron chi connectivity index (χ2n) is 3.65. The molecule has 0 atom stereocenters. The molecular weight excluding hydrogens is 244 g/mol. The lowest BCUT2D eigenvalue weighted by molar-refractivity contribution is 0.254. The lowest BCUT2D eigenvalue weighted by Gasteiger charge is -2.09. The molecule has 0 spiro atoms. The summed E-state index contributed by atoms with van der Waals surface area (Å²) in [7, 11) is 1.59. The number of hydrazine groups is 1. The predicted molar refractivity (Wildman–Crippen MR) is 73.0 cm³/mol. The van der Waals surface area contributed by atoms with Crippen LogP contribution in [0.15, 0.2) is 48.7 Å². The van der Waals surface area contributed by atoms with Crippen molar-refractivity contribution in [3.63, 3.8) is 0 Å². The van der Waals surface area contributed by atoms with Crippen LogP contribution in [-0.2, 0) is 0 Å². The first-order valence-corrected chi connectivity index (χ1v) is 5.66. The molecule has 2 amide bonds. The van der Waals surface area contributed by atoms with Crippen LogP contribution < -0.4 is 20.9 Å². The van der Waals surface area contributed by atoms with Gasteiger partial charge in [-0.05, 0) is 36.4 Å². The topological polar surface area (TPSA) is 75.3 Å². The van der Waals surface area contributed by atoms with Crippen molar-refractivity contribution >= 4 is 17.5 Å². The fourth-order valence-corrected chi connectivity index (χ4v) is 1.39. The largest absolute Gasteiger partial charge is 0.497 e. The van der Waals surface area contributed by atoms with Crippen LogP contribution in [0.1, 0.15) is 0 Å². The third-order valence-electron chi connectivity index (χ3n) is 2.32. The smallest absolute Gasteiger partial charge is 0.337 e. The highest BCUT2D eigenvalue weighted by Gasteiger charge is 2.01. The van der Waals surface area contributed by atoms with E-state index in [2.05, 4.69) is 21.2 Å². The summed E-state index contributed by atoms with van der Waals surface area (Å²) >= 11 is 0. The summed E-state index contributed by atoms with van der Waals surface area (Å²) in [5, 5.41) is 2.67. The van der Waals surface area contributed by atoms with Crippen molar-refractivity contribution in [2.45, 2.75) is 0 Å². The number of ether oxygens (including phenoxy) is 1.